The van der Waals surface area contributed by atoms with Gasteiger partial charge in [-0.1, -0.05) is 0 Å². The Hall–Kier alpha value is -0.0400. The van der Waals surface area contributed by atoms with Crippen molar-refractivity contribution in [1.82, 2.24) is 4.90 Å². The number of hydrogen-bond acceptors (Lipinski definition) is 1. The standard InChI is InChI=1S/C7H13N/c1-5-3-6-4-7(6)8(5)2/h5-7H,3-4H2,1-2H3/t5-,6-,7+/m1/s1. The monoisotopic (exact) mass is 111 g/mol. The molecule has 2 fully saturated rings. The summed E-state index contributed by atoms with van der Waals surface area (Å²) in [6, 6.07) is 1.86. The zero-order valence-corrected chi connectivity index (χ0v) is 5.59. The topological polar surface area (TPSA) is 3.24 Å². The number of rotatable bonds is 0. The summed E-state index contributed by atoms with van der Waals surface area (Å²) in [6.45, 7) is 2.33. The molecule has 1 saturated heterocycles. The highest BCUT2D eigenvalue weighted by Crippen LogP contribution is 2.46. The Bertz CT molecular complexity index is 109. The van der Waals surface area contributed by atoms with Gasteiger partial charge in [-0.25, -0.2) is 0 Å². The average molecular weight is 111 g/mol. The van der Waals surface area contributed by atoms with Crippen LogP contribution in [0.1, 0.15) is 19.8 Å². The van der Waals surface area contributed by atoms with E-state index in [1.165, 1.54) is 12.8 Å². The molecule has 2 aliphatic rings. The summed E-state index contributed by atoms with van der Waals surface area (Å²) in [5.41, 5.74) is 0. The van der Waals surface area contributed by atoms with Crippen molar-refractivity contribution in [1.29, 1.82) is 0 Å². The van der Waals surface area contributed by atoms with E-state index in [1.807, 2.05) is 0 Å². The molecule has 1 saturated carbocycles. The molecule has 1 aliphatic carbocycles. The van der Waals surface area contributed by atoms with E-state index in [-0.39, 0.29) is 0 Å². The second kappa shape index (κ2) is 1.27. The van der Waals surface area contributed by atoms with Crippen molar-refractivity contribution in [3.05, 3.63) is 0 Å². The summed E-state index contributed by atoms with van der Waals surface area (Å²) in [5.74, 6) is 1.09. The third-order valence-electron chi connectivity index (χ3n) is 2.75. The van der Waals surface area contributed by atoms with Gasteiger partial charge in [-0.3, -0.25) is 0 Å². The summed E-state index contributed by atoms with van der Waals surface area (Å²) in [6.07, 6.45) is 2.95. The molecule has 0 radical (unpaired) electrons. The minimum atomic E-state index is 0.874. The highest BCUT2D eigenvalue weighted by molar-refractivity contribution is 5.02. The van der Waals surface area contributed by atoms with Gasteiger partial charge >= 0.3 is 0 Å². The minimum Gasteiger partial charge on any atom is -0.300 e. The highest BCUT2D eigenvalue weighted by Gasteiger charge is 2.48. The highest BCUT2D eigenvalue weighted by atomic mass is 15.2. The first-order chi connectivity index (χ1) is 3.79. The van der Waals surface area contributed by atoms with Gasteiger partial charge in [0.1, 0.15) is 0 Å². The Balaban J connectivity index is 2.08. The number of nitrogens with zero attached hydrogens (tertiary/aromatic N) is 1. The molecular formula is C7H13N. The van der Waals surface area contributed by atoms with Crippen LogP contribution in [0.15, 0.2) is 0 Å². The fraction of sp³-hybridized carbons (Fsp3) is 1.00. The molecule has 0 aromatic heterocycles. The Labute approximate surface area is 50.7 Å². The molecule has 0 unspecified atom stereocenters. The maximum Gasteiger partial charge on any atom is 0.0128 e. The largest absolute Gasteiger partial charge is 0.300 e. The zero-order valence-electron chi connectivity index (χ0n) is 5.59. The van der Waals surface area contributed by atoms with Crippen molar-refractivity contribution in [2.75, 3.05) is 7.05 Å². The van der Waals surface area contributed by atoms with Crippen LogP contribution in [-0.4, -0.2) is 24.0 Å². The van der Waals surface area contributed by atoms with Gasteiger partial charge in [0.2, 0.25) is 0 Å². The van der Waals surface area contributed by atoms with E-state index >= 15 is 0 Å². The lowest BCUT2D eigenvalue weighted by molar-refractivity contribution is 0.286. The smallest absolute Gasteiger partial charge is 0.0128 e. The van der Waals surface area contributed by atoms with Gasteiger partial charge in [-0.2, -0.15) is 0 Å². The van der Waals surface area contributed by atoms with Crippen LogP contribution in [0.2, 0.25) is 0 Å². The van der Waals surface area contributed by atoms with Crippen molar-refractivity contribution in [3.63, 3.8) is 0 Å². The van der Waals surface area contributed by atoms with E-state index in [2.05, 4.69) is 18.9 Å². The predicted octanol–water partition coefficient (Wildman–Crippen LogP) is 1.10. The fourth-order valence-corrected chi connectivity index (χ4v) is 1.92. The fourth-order valence-electron chi connectivity index (χ4n) is 1.92. The number of fused-ring (bicyclic) bond motifs is 1. The summed E-state index contributed by atoms with van der Waals surface area (Å²) < 4.78 is 0. The Morgan fingerprint density at radius 1 is 1.38 bits per heavy atom. The molecule has 1 nitrogen and oxygen atoms in total. The zero-order chi connectivity index (χ0) is 5.72. The minimum absolute atomic E-state index is 0.874. The van der Waals surface area contributed by atoms with Gasteiger partial charge in [0.05, 0.1) is 0 Å². The van der Waals surface area contributed by atoms with E-state index in [9.17, 15) is 0 Å². The van der Waals surface area contributed by atoms with Crippen molar-refractivity contribution in [2.24, 2.45) is 5.92 Å². The van der Waals surface area contributed by atoms with E-state index in [0.717, 1.165) is 18.0 Å². The Kier molecular flexibility index (Phi) is 0.762. The lowest BCUT2D eigenvalue weighted by Crippen LogP contribution is -2.25. The van der Waals surface area contributed by atoms with Gasteiger partial charge in [0, 0.05) is 12.1 Å². The van der Waals surface area contributed by atoms with E-state index in [1.54, 1.807) is 0 Å². The molecule has 3 atom stereocenters. The van der Waals surface area contributed by atoms with E-state index < -0.39 is 0 Å². The maximum absolute atomic E-state index is 2.52. The number of hydrogen-bond donors (Lipinski definition) is 0. The van der Waals surface area contributed by atoms with Gasteiger partial charge in [0.25, 0.3) is 0 Å². The molecule has 0 amide bonds. The average Bonchev–Trinajstić information content (AvgIpc) is 2.39. The van der Waals surface area contributed by atoms with Crippen molar-refractivity contribution in [2.45, 2.75) is 31.8 Å². The second-order valence-electron chi connectivity index (χ2n) is 3.31. The van der Waals surface area contributed by atoms with Crippen LogP contribution in [0, 0.1) is 5.92 Å². The molecule has 46 valence electrons. The van der Waals surface area contributed by atoms with E-state index in [4.69, 9.17) is 0 Å². The molecule has 0 N–H and O–H groups in total. The van der Waals surface area contributed by atoms with Crippen LogP contribution < -0.4 is 0 Å². The number of piperidine rings is 1. The first-order valence-corrected chi connectivity index (χ1v) is 3.51. The molecule has 0 bridgehead atoms. The quantitative estimate of drug-likeness (QED) is 0.452. The van der Waals surface area contributed by atoms with Crippen molar-refractivity contribution in [3.8, 4) is 0 Å². The molecule has 0 aromatic carbocycles. The van der Waals surface area contributed by atoms with Crippen LogP contribution in [0.5, 0.6) is 0 Å². The third kappa shape index (κ3) is 0.455. The maximum atomic E-state index is 2.52. The lowest BCUT2D eigenvalue weighted by atomic mass is 10.2. The van der Waals surface area contributed by atoms with Gasteiger partial charge in [-0.05, 0) is 32.7 Å². The molecular weight excluding hydrogens is 98.1 g/mol. The van der Waals surface area contributed by atoms with Crippen LogP contribution >= 0.6 is 0 Å². The van der Waals surface area contributed by atoms with Crippen molar-refractivity contribution < 1.29 is 0 Å². The predicted molar refractivity (Wildman–Crippen MR) is 33.7 cm³/mol. The summed E-state index contributed by atoms with van der Waals surface area (Å²) in [4.78, 5) is 2.52. The molecule has 0 aromatic rings. The summed E-state index contributed by atoms with van der Waals surface area (Å²) >= 11 is 0. The summed E-state index contributed by atoms with van der Waals surface area (Å²) in [7, 11) is 2.25. The Morgan fingerprint density at radius 3 is 2.38 bits per heavy atom. The second-order valence-corrected chi connectivity index (χ2v) is 3.31. The third-order valence-corrected chi connectivity index (χ3v) is 2.75. The first kappa shape index (κ1) is 4.80. The van der Waals surface area contributed by atoms with Crippen molar-refractivity contribution >= 4 is 0 Å². The SMILES string of the molecule is C[C@@H]1C[C@@H]2C[C@@H]2N1C. The molecule has 1 heteroatoms. The van der Waals surface area contributed by atoms with E-state index in [0.29, 0.717) is 0 Å². The van der Waals surface area contributed by atoms with Crippen LogP contribution in [0.25, 0.3) is 0 Å². The van der Waals surface area contributed by atoms with Gasteiger partial charge < -0.3 is 4.90 Å². The lowest BCUT2D eigenvalue weighted by Gasteiger charge is -2.17. The van der Waals surface area contributed by atoms with Gasteiger partial charge in [0.15, 0.2) is 0 Å². The first-order valence-electron chi connectivity index (χ1n) is 3.51. The van der Waals surface area contributed by atoms with Crippen LogP contribution in [-0.2, 0) is 0 Å². The molecule has 2 rings (SSSR count). The molecule has 0 spiro atoms. The van der Waals surface area contributed by atoms with Crippen LogP contribution in [0.4, 0.5) is 0 Å². The van der Waals surface area contributed by atoms with Gasteiger partial charge in [-0.15, -0.1) is 0 Å². The van der Waals surface area contributed by atoms with Crippen LogP contribution in [0.3, 0.4) is 0 Å². The molecule has 1 heterocycles. The Morgan fingerprint density at radius 2 is 2.12 bits per heavy atom. The molecule has 1 aliphatic heterocycles. The molecule has 8 heavy (non-hydrogen) atoms. The number of likely N-dealkylation sites (tertiary alicyclic amines) is 1. The summed E-state index contributed by atoms with van der Waals surface area (Å²) in [5, 5.41) is 0. The normalized spacial score (nSPS) is 54.0.